The molecule has 0 fully saturated rings. The average Bonchev–Trinajstić information content (AvgIpc) is 2.38. The Morgan fingerprint density at radius 1 is 0.947 bits per heavy atom. The molecule has 2 aromatic carbocycles. The molecular weight excluding hydrogens is 257 g/mol. The first-order valence-corrected chi connectivity index (χ1v) is 5.41. The number of hydrazine groups is 1. The Morgan fingerprint density at radius 3 is 2.21 bits per heavy atom. The molecule has 0 aliphatic carbocycles. The van der Waals surface area contributed by atoms with Crippen molar-refractivity contribution in [1.82, 2.24) is 0 Å². The van der Waals surface area contributed by atoms with Gasteiger partial charge in [0.2, 0.25) is 0 Å². The van der Waals surface area contributed by atoms with Gasteiger partial charge in [-0.1, -0.05) is 24.3 Å². The van der Waals surface area contributed by atoms with E-state index in [0.29, 0.717) is 5.69 Å². The van der Waals surface area contributed by atoms with Gasteiger partial charge in [0.15, 0.2) is 0 Å². The molecule has 0 saturated heterocycles. The number of hydrogen-bond donors (Lipinski definition) is 2. The monoisotopic (exact) mass is 268 g/mol. The lowest BCUT2D eigenvalue weighted by Crippen LogP contribution is -2.16. The molecule has 3 N–H and O–H groups in total. The number of ether oxygens (including phenoxy) is 1. The first-order valence-electron chi connectivity index (χ1n) is 5.41. The first-order chi connectivity index (χ1) is 8.98. The second-order valence-corrected chi connectivity index (χ2v) is 3.80. The molecule has 3 nitrogen and oxygen atoms in total. The van der Waals surface area contributed by atoms with Gasteiger partial charge in [-0.2, -0.15) is 0 Å². The quantitative estimate of drug-likeness (QED) is 0.661. The normalized spacial score (nSPS) is 11.2. The molecule has 0 heterocycles. The van der Waals surface area contributed by atoms with Crippen LogP contribution in [0.15, 0.2) is 48.5 Å². The summed E-state index contributed by atoms with van der Waals surface area (Å²) in [5.41, 5.74) is 4.83. The molecule has 0 aromatic heterocycles. The summed E-state index contributed by atoms with van der Waals surface area (Å²) in [5, 5.41) is 0. The molecule has 0 radical (unpaired) electrons. The molecule has 2 rings (SSSR count). The van der Waals surface area contributed by atoms with Crippen LogP contribution < -0.4 is 16.0 Å². The maximum absolute atomic E-state index is 12.0. The molecule has 0 unspecified atom stereocenters. The minimum atomic E-state index is -4.68. The molecule has 0 atom stereocenters. The molecule has 0 bridgehead atoms. The zero-order valence-electron chi connectivity index (χ0n) is 9.74. The Labute approximate surface area is 107 Å². The molecule has 2 aromatic rings. The van der Waals surface area contributed by atoms with E-state index in [1.54, 1.807) is 30.3 Å². The smallest absolute Gasteiger partial charge is 0.406 e. The number of anilines is 1. The minimum absolute atomic E-state index is 0.246. The maximum atomic E-state index is 12.0. The minimum Gasteiger partial charge on any atom is -0.406 e. The van der Waals surface area contributed by atoms with Gasteiger partial charge in [0, 0.05) is 5.69 Å². The number of hydrogen-bond acceptors (Lipinski definition) is 3. The fraction of sp³-hybridized carbons (Fsp3) is 0.0769. The van der Waals surface area contributed by atoms with Crippen LogP contribution in [-0.4, -0.2) is 6.36 Å². The molecule has 0 aliphatic rings. The number of rotatable bonds is 3. The van der Waals surface area contributed by atoms with Crippen LogP contribution in [0.4, 0.5) is 18.9 Å². The van der Waals surface area contributed by atoms with Gasteiger partial charge in [0.1, 0.15) is 5.75 Å². The number of alkyl halides is 3. The summed E-state index contributed by atoms with van der Waals surface area (Å²) < 4.78 is 39.9. The second-order valence-electron chi connectivity index (χ2n) is 3.80. The van der Waals surface area contributed by atoms with Crippen LogP contribution >= 0.6 is 0 Å². The molecular formula is C13H11F3N2O. The van der Waals surface area contributed by atoms with E-state index < -0.39 is 6.36 Å². The Hall–Kier alpha value is -2.21. The fourth-order valence-corrected chi connectivity index (χ4v) is 1.64. The zero-order chi connectivity index (χ0) is 13.9. The highest BCUT2D eigenvalue weighted by Gasteiger charge is 2.30. The van der Waals surface area contributed by atoms with Crippen LogP contribution in [0.25, 0.3) is 11.1 Å². The van der Waals surface area contributed by atoms with Crippen molar-refractivity contribution in [2.75, 3.05) is 5.43 Å². The van der Waals surface area contributed by atoms with Gasteiger partial charge >= 0.3 is 6.36 Å². The van der Waals surface area contributed by atoms with Gasteiger partial charge in [0.25, 0.3) is 0 Å². The molecule has 6 heteroatoms. The summed E-state index contributed by atoms with van der Waals surface area (Å²) in [6.07, 6.45) is -4.68. The van der Waals surface area contributed by atoms with Crippen molar-refractivity contribution in [3.63, 3.8) is 0 Å². The molecule has 100 valence electrons. The SMILES string of the molecule is NNc1cccc(-c2ccc(OC(F)(F)F)cc2)c1. The summed E-state index contributed by atoms with van der Waals surface area (Å²) in [4.78, 5) is 0. The number of benzene rings is 2. The first kappa shape index (κ1) is 13.2. The van der Waals surface area contributed by atoms with E-state index in [0.717, 1.165) is 11.1 Å². The second kappa shape index (κ2) is 5.19. The van der Waals surface area contributed by atoms with Gasteiger partial charge in [-0.05, 0) is 35.4 Å². The van der Waals surface area contributed by atoms with E-state index in [2.05, 4.69) is 10.2 Å². The molecule has 0 aliphatic heterocycles. The number of nitrogen functional groups attached to an aromatic ring is 1. The predicted molar refractivity (Wildman–Crippen MR) is 66.4 cm³/mol. The lowest BCUT2D eigenvalue weighted by molar-refractivity contribution is -0.274. The standard InChI is InChI=1S/C13H11F3N2O/c14-13(15,16)19-12-6-4-9(5-7-12)10-2-1-3-11(8-10)18-17/h1-8,18H,17H2. The van der Waals surface area contributed by atoms with Gasteiger partial charge in [-0.15, -0.1) is 13.2 Å². The largest absolute Gasteiger partial charge is 0.573 e. The molecule has 0 saturated carbocycles. The number of nitrogens with one attached hydrogen (secondary N) is 1. The Balaban J connectivity index is 2.22. The molecule has 0 spiro atoms. The maximum Gasteiger partial charge on any atom is 0.573 e. The predicted octanol–water partition coefficient (Wildman–Crippen LogP) is 3.54. The highest BCUT2D eigenvalue weighted by molar-refractivity contribution is 5.68. The Bertz CT molecular complexity index is 553. The third-order valence-electron chi connectivity index (χ3n) is 2.45. The molecule has 19 heavy (non-hydrogen) atoms. The lowest BCUT2D eigenvalue weighted by Gasteiger charge is -2.09. The van der Waals surface area contributed by atoms with Crippen LogP contribution in [0.1, 0.15) is 0 Å². The van der Waals surface area contributed by atoms with Crippen LogP contribution in [0, 0.1) is 0 Å². The number of nitrogens with two attached hydrogens (primary N) is 1. The van der Waals surface area contributed by atoms with Gasteiger partial charge < -0.3 is 10.2 Å². The highest BCUT2D eigenvalue weighted by Crippen LogP contribution is 2.27. The average molecular weight is 268 g/mol. The lowest BCUT2D eigenvalue weighted by atomic mass is 10.1. The van der Waals surface area contributed by atoms with E-state index in [4.69, 9.17) is 5.84 Å². The van der Waals surface area contributed by atoms with Crippen LogP contribution in [0.5, 0.6) is 5.75 Å². The van der Waals surface area contributed by atoms with Gasteiger partial charge in [-0.25, -0.2) is 0 Å². The van der Waals surface area contributed by atoms with E-state index in [9.17, 15) is 13.2 Å². The van der Waals surface area contributed by atoms with Crippen LogP contribution in [-0.2, 0) is 0 Å². The van der Waals surface area contributed by atoms with Crippen LogP contribution in [0.2, 0.25) is 0 Å². The summed E-state index contributed by atoms with van der Waals surface area (Å²) in [7, 11) is 0. The van der Waals surface area contributed by atoms with Crippen molar-refractivity contribution in [2.45, 2.75) is 6.36 Å². The van der Waals surface area contributed by atoms with E-state index in [1.165, 1.54) is 12.1 Å². The summed E-state index contributed by atoms with van der Waals surface area (Å²) >= 11 is 0. The zero-order valence-corrected chi connectivity index (χ0v) is 9.74. The van der Waals surface area contributed by atoms with Crippen molar-refractivity contribution < 1.29 is 17.9 Å². The third kappa shape index (κ3) is 3.62. The van der Waals surface area contributed by atoms with E-state index >= 15 is 0 Å². The third-order valence-corrected chi connectivity index (χ3v) is 2.45. The Morgan fingerprint density at radius 2 is 1.63 bits per heavy atom. The van der Waals surface area contributed by atoms with Crippen molar-refractivity contribution >= 4 is 5.69 Å². The summed E-state index contributed by atoms with van der Waals surface area (Å²) in [6, 6.07) is 12.8. The summed E-state index contributed by atoms with van der Waals surface area (Å²) in [6.45, 7) is 0. The van der Waals surface area contributed by atoms with E-state index in [-0.39, 0.29) is 5.75 Å². The topological polar surface area (TPSA) is 47.3 Å². The van der Waals surface area contributed by atoms with Gasteiger partial charge in [-0.3, -0.25) is 5.84 Å². The Kier molecular flexibility index (Phi) is 3.62. The fourth-order valence-electron chi connectivity index (χ4n) is 1.64. The summed E-state index contributed by atoms with van der Waals surface area (Å²) in [5.74, 6) is 5.05. The van der Waals surface area contributed by atoms with E-state index in [1.807, 2.05) is 6.07 Å². The molecule has 0 amide bonds. The van der Waals surface area contributed by atoms with Crippen molar-refractivity contribution in [3.05, 3.63) is 48.5 Å². The number of halogens is 3. The van der Waals surface area contributed by atoms with Crippen molar-refractivity contribution in [2.24, 2.45) is 5.84 Å². The van der Waals surface area contributed by atoms with Crippen molar-refractivity contribution in [1.29, 1.82) is 0 Å². The van der Waals surface area contributed by atoms with Crippen LogP contribution in [0.3, 0.4) is 0 Å². The van der Waals surface area contributed by atoms with Crippen molar-refractivity contribution in [3.8, 4) is 16.9 Å². The van der Waals surface area contributed by atoms with Gasteiger partial charge in [0.05, 0.1) is 0 Å². The highest BCUT2D eigenvalue weighted by atomic mass is 19.4.